The van der Waals surface area contributed by atoms with E-state index in [1.54, 1.807) is 11.0 Å². The first-order valence-corrected chi connectivity index (χ1v) is 7.14. The van der Waals surface area contributed by atoms with Crippen molar-refractivity contribution in [2.24, 2.45) is 5.92 Å². The molecule has 1 aliphatic rings. The van der Waals surface area contributed by atoms with Gasteiger partial charge in [-0.2, -0.15) is 5.06 Å². The first kappa shape index (κ1) is 15.1. The fourth-order valence-corrected chi connectivity index (χ4v) is 2.42. The van der Waals surface area contributed by atoms with E-state index >= 15 is 0 Å². The molecule has 2 rings (SSSR count). The summed E-state index contributed by atoms with van der Waals surface area (Å²) >= 11 is 0. The summed E-state index contributed by atoms with van der Waals surface area (Å²) in [5, 5.41) is 8.78. The fourth-order valence-electron chi connectivity index (χ4n) is 1.62. The van der Waals surface area contributed by atoms with Crippen LogP contribution in [0.4, 0.5) is 0 Å². The van der Waals surface area contributed by atoms with Crippen LogP contribution in [0, 0.1) is 5.92 Å². The Kier molecular flexibility index (Phi) is 4.02. The van der Waals surface area contributed by atoms with Gasteiger partial charge >= 0.3 is 5.97 Å². The van der Waals surface area contributed by atoms with E-state index in [2.05, 4.69) is 4.84 Å². The monoisotopic (exact) mass is 314 g/mol. The molecule has 112 valence electrons. The number of hydrogen-bond donors (Lipinski definition) is 2. The zero-order valence-electron chi connectivity index (χ0n) is 10.4. The van der Waals surface area contributed by atoms with Crippen LogP contribution in [-0.2, 0) is 29.2 Å². The molecule has 1 aliphatic heterocycles. The van der Waals surface area contributed by atoms with Gasteiger partial charge in [0.1, 0.15) is 5.92 Å². The highest BCUT2D eigenvalue weighted by Gasteiger charge is 2.44. The molecule has 1 aromatic carbocycles. The van der Waals surface area contributed by atoms with Gasteiger partial charge in [-0.05, 0) is 17.0 Å². The molecule has 9 nitrogen and oxygen atoms in total. The number of carbonyl (C=O) groups excluding carboxylic acids is 3. The van der Waals surface area contributed by atoms with Gasteiger partial charge in [-0.3, -0.25) is 14.8 Å². The molecule has 1 heterocycles. The van der Waals surface area contributed by atoms with Gasteiger partial charge in [0.25, 0.3) is 21.8 Å². The van der Waals surface area contributed by atoms with E-state index in [4.69, 9.17) is 5.21 Å². The summed E-state index contributed by atoms with van der Waals surface area (Å²) < 4.78 is 23.5. The molecule has 0 aliphatic carbocycles. The molecule has 10 heteroatoms. The molecule has 1 saturated heterocycles. The highest BCUT2D eigenvalue weighted by Crippen LogP contribution is 2.19. The van der Waals surface area contributed by atoms with Crippen LogP contribution in [0.2, 0.25) is 0 Å². The fraction of sp³-hybridized carbons (Fsp3) is 0.182. The van der Waals surface area contributed by atoms with Crippen LogP contribution in [0.5, 0.6) is 0 Å². The van der Waals surface area contributed by atoms with Crippen LogP contribution < -0.4 is 4.89 Å². The summed E-state index contributed by atoms with van der Waals surface area (Å²) in [6.07, 6.45) is -0.582. The van der Waals surface area contributed by atoms with E-state index in [-0.39, 0.29) is 9.96 Å². The number of amides is 2. The Morgan fingerprint density at radius 1 is 1.29 bits per heavy atom. The van der Waals surface area contributed by atoms with Crippen LogP contribution in [0.1, 0.15) is 6.42 Å². The van der Waals surface area contributed by atoms with Crippen molar-refractivity contribution in [3.8, 4) is 0 Å². The van der Waals surface area contributed by atoms with E-state index in [1.807, 2.05) is 0 Å². The second kappa shape index (κ2) is 5.60. The molecule has 2 amide bonds. The average molecular weight is 314 g/mol. The summed E-state index contributed by atoms with van der Waals surface area (Å²) in [6, 6.07) is 7.09. The van der Waals surface area contributed by atoms with Gasteiger partial charge in [0.15, 0.2) is 0 Å². The molecular weight excluding hydrogens is 304 g/mol. The van der Waals surface area contributed by atoms with Crippen LogP contribution in [0.3, 0.4) is 0 Å². The Bertz CT molecular complexity index is 686. The third-order valence-electron chi connectivity index (χ3n) is 2.71. The molecule has 0 radical (unpaired) electrons. The lowest BCUT2D eigenvalue weighted by atomic mass is 10.1. The summed E-state index contributed by atoms with van der Waals surface area (Å²) in [5.74, 6) is -4.97. The van der Waals surface area contributed by atoms with Gasteiger partial charge in [-0.15, -0.1) is 0 Å². The highest BCUT2D eigenvalue weighted by molar-refractivity contribution is 7.89. The Balaban J connectivity index is 2.02. The summed E-state index contributed by atoms with van der Waals surface area (Å²) in [5.41, 5.74) is 0. The molecule has 1 unspecified atom stereocenters. The molecule has 0 saturated carbocycles. The minimum atomic E-state index is -4.09. The number of nitrogens with one attached hydrogen (secondary N) is 1. The minimum Gasteiger partial charge on any atom is -0.355 e. The zero-order chi connectivity index (χ0) is 15.6. The maximum absolute atomic E-state index is 11.8. The van der Waals surface area contributed by atoms with E-state index < -0.39 is 40.1 Å². The Labute approximate surface area is 119 Å². The van der Waals surface area contributed by atoms with Crippen LogP contribution in [0.25, 0.3) is 0 Å². The van der Waals surface area contributed by atoms with E-state index in [9.17, 15) is 22.8 Å². The predicted octanol–water partition coefficient (Wildman–Crippen LogP) is -0.813. The minimum absolute atomic E-state index is 0.143. The van der Waals surface area contributed by atoms with Gasteiger partial charge in [0.05, 0.1) is 11.3 Å². The molecule has 1 aromatic rings. The zero-order valence-corrected chi connectivity index (χ0v) is 11.2. The maximum Gasteiger partial charge on any atom is 0.339 e. The second-order valence-electron chi connectivity index (χ2n) is 4.12. The third-order valence-corrected chi connectivity index (χ3v) is 3.91. The molecule has 0 aromatic heterocycles. The number of imide groups is 1. The summed E-state index contributed by atoms with van der Waals surface area (Å²) in [4.78, 5) is 39.7. The lowest BCUT2D eigenvalue weighted by Gasteiger charge is -2.09. The number of benzene rings is 1. The summed E-state index contributed by atoms with van der Waals surface area (Å²) in [6.45, 7) is 0. The van der Waals surface area contributed by atoms with Crippen molar-refractivity contribution in [2.75, 3.05) is 0 Å². The van der Waals surface area contributed by atoms with Crippen molar-refractivity contribution in [3.05, 3.63) is 30.3 Å². The van der Waals surface area contributed by atoms with Gasteiger partial charge in [0.2, 0.25) is 0 Å². The van der Waals surface area contributed by atoms with Crippen molar-refractivity contribution in [1.82, 2.24) is 9.95 Å². The van der Waals surface area contributed by atoms with Gasteiger partial charge < -0.3 is 4.84 Å². The number of carbonyl (C=O) groups is 3. The topological polar surface area (TPSA) is 130 Å². The molecule has 1 atom stereocenters. The molecule has 1 fully saturated rings. The van der Waals surface area contributed by atoms with Crippen molar-refractivity contribution in [2.45, 2.75) is 11.3 Å². The van der Waals surface area contributed by atoms with Crippen LogP contribution >= 0.6 is 0 Å². The van der Waals surface area contributed by atoms with E-state index in [0.717, 1.165) is 0 Å². The Morgan fingerprint density at radius 3 is 2.43 bits per heavy atom. The molecule has 0 spiro atoms. The van der Waals surface area contributed by atoms with Gasteiger partial charge in [-0.1, -0.05) is 18.2 Å². The molecule has 21 heavy (non-hydrogen) atoms. The average Bonchev–Trinajstić information content (AvgIpc) is 2.73. The molecule has 0 bridgehead atoms. The first-order valence-electron chi connectivity index (χ1n) is 5.66. The van der Waals surface area contributed by atoms with Crippen LogP contribution in [-0.4, -0.2) is 36.5 Å². The number of hydrogen-bond acceptors (Lipinski definition) is 7. The van der Waals surface area contributed by atoms with Crippen LogP contribution in [0.15, 0.2) is 35.2 Å². The van der Waals surface area contributed by atoms with Crippen molar-refractivity contribution in [1.29, 1.82) is 0 Å². The van der Waals surface area contributed by atoms with Gasteiger partial charge in [0, 0.05) is 0 Å². The maximum atomic E-state index is 11.8. The SMILES string of the molecule is O=C(ONS(=O)(=O)c1ccccc1)C1CC(=O)N(O)C1=O. The smallest absolute Gasteiger partial charge is 0.339 e. The normalized spacial score (nSPS) is 18.9. The van der Waals surface area contributed by atoms with E-state index in [0.29, 0.717) is 0 Å². The van der Waals surface area contributed by atoms with Crippen molar-refractivity contribution >= 4 is 27.8 Å². The van der Waals surface area contributed by atoms with Crippen molar-refractivity contribution < 1.29 is 32.8 Å². The first-order chi connectivity index (χ1) is 9.83. The number of sulfonamides is 1. The molecular formula is C11H10N2O7S. The molecule has 2 N–H and O–H groups in total. The van der Waals surface area contributed by atoms with Crippen molar-refractivity contribution in [3.63, 3.8) is 0 Å². The van der Waals surface area contributed by atoms with E-state index in [1.165, 1.54) is 24.3 Å². The second-order valence-corrected chi connectivity index (χ2v) is 5.77. The van der Waals surface area contributed by atoms with Gasteiger partial charge in [-0.25, -0.2) is 13.2 Å². The number of rotatable bonds is 4. The standard InChI is InChI=1S/C11H10N2O7S/c14-9-6-8(10(15)13(9)17)11(16)20-12-21(18,19)7-4-2-1-3-5-7/h1-5,8,12,17H,6H2. The largest absolute Gasteiger partial charge is 0.355 e. The Morgan fingerprint density at radius 2 is 1.90 bits per heavy atom. The quantitative estimate of drug-likeness (QED) is 0.321. The Hall–Kier alpha value is -2.30. The lowest BCUT2D eigenvalue weighted by molar-refractivity contribution is -0.174. The number of nitrogens with zero attached hydrogens (tertiary/aromatic N) is 1. The number of hydroxylamine groups is 2. The lowest BCUT2D eigenvalue weighted by Crippen LogP contribution is -2.34. The highest BCUT2D eigenvalue weighted by atomic mass is 32.2. The summed E-state index contributed by atoms with van der Waals surface area (Å²) in [7, 11) is -4.09. The third kappa shape index (κ3) is 3.07. The predicted molar refractivity (Wildman–Crippen MR) is 64.6 cm³/mol.